The van der Waals surface area contributed by atoms with Crippen molar-refractivity contribution in [3.8, 4) is 0 Å². The summed E-state index contributed by atoms with van der Waals surface area (Å²) >= 11 is 6.09. The van der Waals surface area contributed by atoms with Gasteiger partial charge in [0.2, 0.25) is 0 Å². The fraction of sp³-hybridized carbons (Fsp3) is 0.150. The third kappa shape index (κ3) is 3.35. The van der Waals surface area contributed by atoms with E-state index in [1.807, 2.05) is 23.4 Å². The molecule has 0 saturated heterocycles. The predicted molar refractivity (Wildman–Crippen MR) is 101 cm³/mol. The van der Waals surface area contributed by atoms with Gasteiger partial charge in [-0.25, -0.2) is 9.37 Å². The maximum absolute atomic E-state index is 13.1. The van der Waals surface area contributed by atoms with Gasteiger partial charge < -0.3 is 4.98 Å². The Morgan fingerprint density at radius 1 is 1.23 bits per heavy atom. The molecule has 3 heterocycles. The zero-order chi connectivity index (χ0) is 18.1. The van der Waals surface area contributed by atoms with Crippen molar-refractivity contribution < 1.29 is 4.39 Å². The van der Waals surface area contributed by atoms with Crippen LogP contribution >= 0.6 is 11.6 Å². The maximum Gasteiger partial charge on any atom is 0.137 e. The predicted octanol–water partition coefficient (Wildman–Crippen LogP) is 4.76. The Balaban J connectivity index is 1.62. The number of nitrogens with one attached hydrogen (secondary N) is 1. The second kappa shape index (κ2) is 6.92. The number of aromatic amines is 1. The van der Waals surface area contributed by atoms with Crippen LogP contribution in [-0.2, 0) is 13.0 Å². The lowest BCUT2D eigenvalue weighted by Crippen LogP contribution is -2.03. The summed E-state index contributed by atoms with van der Waals surface area (Å²) in [5.74, 6) is -0.242. The number of aryl methyl sites for hydroxylation is 1. The van der Waals surface area contributed by atoms with Crippen LogP contribution in [0.4, 0.5) is 4.39 Å². The molecule has 0 aliphatic carbocycles. The van der Waals surface area contributed by atoms with Crippen molar-refractivity contribution in [2.24, 2.45) is 0 Å². The SMILES string of the molecule is CCn1nc([CH]c2ccc(F)cc2)cc1Cc1c[nH]c2ncc(Cl)cc12. The molecule has 0 fully saturated rings. The first kappa shape index (κ1) is 16.8. The molecule has 4 aromatic rings. The van der Waals surface area contributed by atoms with Crippen LogP contribution in [0.5, 0.6) is 0 Å². The van der Waals surface area contributed by atoms with Crippen LogP contribution in [0.15, 0.2) is 48.8 Å². The summed E-state index contributed by atoms with van der Waals surface area (Å²) in [6.45, 7) is 2.83. The Morgan fingerprint density at radius 2 is 2.04 bits per heavy atom. The summed E-state index contributed by atoms with van der Waals surface area (Å²) in [5, 5.41) is 6.28. The summed E-state index contributed by atoms with van der Waals surface area (Å²) in [5.41, 5.74) is 4.82. The molecule has 0 aliphatic rings. The largest absolute Gasteiger partial charge is 0.346 e. The Kier molecular flexibility index (Phi) is 4.47. The minimum atomic E-state index is -0.242. The molecule has 4 nitrogen and oxygen atoms in total. The minimum Gasteiger partial charge on any atom is -0.346 e. The first-order valence-corrected chi connectivity index (χ1v) is 8.78. The number of rotatable bonds is 5. The lowest BCUT2D eigenvalue weighted by Gasteiger charge is -2.03. The maximum atomic E-state index is 13.1. The molecule has 0 amide bonds. The van der Waals surface area contributed by atoms with E-state index in [0.717, 1.165) is 46.5 Å². The first-order valence-electron chi connectivity index (χ1n) is 8.41. The number of hydrogen-bond donors (Lipinski definition) is 1. The average Bonchev–Trinajstić information content (AvgIpc) is 3.21. The van der Waals surface area contributed by atoms with Gasteiger partial charge >= 0.3 is 0 Å². The number of fused-ring (bicyclic) bond motifs is 1. The number of aromatic nitrogens is 4. The van der Waals surface area contributed by atoms with E-state index < -0.39 is 0 Å². The van der Waals surface area contributed by atoms with E-state index in [1.54, 1.807) is 18.3 Å². The normalized spacial score (nSPS) is 11.3. The summed E-state index contributed by atoms with van der Waals surface area (Å²) in [4.78, 5) is 7.49. The number of hydrogen-bond acceptors (Lipinski definition) is 2. The van der Waals surface area contributed by atoms with E-state index in [-0.39, 0.29) is 5.82 Å². The van der Waals surface area contributed by atoms with Crippen molar-refractivity contribution in [2.75, 3.05) is 0 Å². The van der Waals surface area contributed by atoms with Gasteiger partial charge in [0, 0.05) is 42.9 Å². The van der Waals surface area contributed by atoms with Gasteiger partial charge in [-0.15, -0.1) is 0 Å². The van der Waals surface area contributed by atoms with Crippen LogP contribution < -0.4 is 0 Å². The molecule has 131 valence electrons. The van der Waals surface area contributed by atoms with Gasteiger partial charge in [0.15, 0.2) is 0 Å². The third-order valence-corrected chi connectivity index (χ3v) is 4.53. The van der Waals surface area contributed by atoms with E-state index in [2.05, 4.69) is 28.1 Å². The van der Waals surface area contributed by atoms with Gasteiger partial charge in [-0.3, -0.25) is 4.68 Å². The Labute approximate surface area is 155 Å². The summed E-state index contributed by atoms with van der Waals surface area (Å²) in [7, 11) is 0. The number of H-pyrrole nitrogens is 1. The van der Waals surface area contributed by atoms with E-state index in [1.165, 1.54) is 12.1 Å². The van der Waals surface area contributed by atoms with Gasteiger partial charge in [-0.2, -0.15) is 5.10 Å². The Hall–Kier alpha value is -2.66. The molecule has 6 heteroatoms. The highest BCUT2D eigenvalue weighted by atomic mass is 35.5. The van der Waals surface area contributed by atoms with Gasteiger partial charge in [-0.1, -0.05) is 23.7 Å². The highest BCUT2D eigenvalue weighted by Gasteiger charge is 2.12. The van der Waals surface area contributed by atoms with Gasteiger partial charge in [-0.05, 0) is 42.3 Å². The molecule has 26 heavy (non-hydrogen) atoms. The summed E-state index contributed by atoms with van der Waals surface area (Å²) < 4.78 is 15.0. The molecule has 1 aromatic carbocycles. The zero-order valence-electron chi connectivity index (χ0n) is 14.2. The molecule has 1 radical (unpaired) electrons. The minimum absolute atomic E-state index is 0.242. The second-order valence-corrected chi connectivity index (χ2v) is 6.55. The molecule has 3 aromatic heterocycles. The fourth-order valence-electron chi connectivity index (χ4n) is 3.07. The van der Waals surface area contributed by atoms with Crippen molar-refractivity contribution in [2.45, 2.75) is 19.9 Å². The number of benzene rings is 1. The van der Waals surface area contributed by atoms with Crippen LogP contribution in [0.2, 0.25) is 5.02 Å². The highest BCUT2D eigenvalue weighted by Crippen LogP contribution is 2.23. The first-order chi connectivity index (χ1) is 12.6. The third-order valence-electron chi connectivity index (χ3n) is 4.32. The highest BCUT2D eigenvalue weighted by molar-refractivity contribution is 6.31. The molecule has 0 saturated carbocycles. The number of halogens is 2. The fourth-order valence-corrected chi connectivity index (χ4v) is 3.23. The van der Waals surface area contributed by atoms with Crippen LogP contribution in [0.1, 0.15) is 29.4 Å². The molecule has 0 spiro atoms. The topological polar surface area (TPSA) is 46.5 Å². The molecule has 4 rings (SSSR count). The average molecular weight is 368 g/mol. The molecule has 0 unspecified atom stereocenters. The van der Waals surface area contributed by atoms with E-state index in [9.17, 15) is 4.39 Å². The van der Waals surface area contributed by atoms with E-state index in [0.29, 0.717) is 5.02 Å². The van der Waals surface area contributed by atoms with Crippen LogP contribution in [0.3, 0.4) is 0 Å². The van der Waals surface area contributed by atoms with Crippen LogP contribution in [0, 0.1) is 12.2 Å². The molecular formula is C20H17ClFN4. The molecule has 0 bridgehead atoms. The van der Waals surface area contributed by atoms with Gasteiger partial charge in [0.1, 0.15) is 11.5 Å². The molecular weight excluding hydrogens is 351 g/mol. The van der Waals surface area contributed by atoms with Crippen molar-refractivity contribution in [1.29, 1.82) is 0 Å². The smallest absolute Gasteiger partial charge is 0.137 e. The second-order valence-electron chi connectivity index (χ2n) is 6.11. The Bertz CT molecular complexity index is 1050. The van der Waals surface area contributed by atoms with Gasteiger partial charge in [0.25, 0.3) is 0 Å². The molecule has 0 aliphatic heterocycles. The summed E-state index contributed by atoms with van der Waals surface area (Å²) in [6.07, 6.45) is 6.27. The zero-order valence-corrected chi connectivity index (χ0v) is 15.0. The Morgan fingerprint density at radius 3 is 2.81 bits per heavy atom. The van der Waals surface area contributed by atoms with Crippen molar-refractivity contribution in [3.05, 3.63) is 88.6 Å². The lowest BCUT2D eigenvalue weighted by atomic mass is 10.1. The number of pyridine rings is 1. The van der Waals surface area contributed by atoms with Crippen LogP contribution in [0.25, 0.3) is 11.0 Å². The number of nitrogens with zero attached hydrogens (tertiary/aromatic N) is 3. The van der Waals surface area contributed by atoms with Crippen molar-refractivity contribution in [3.63, 3.8) is 0 Å². The standard InChI is InChI=1S/C20H17ClFN4/c1-2-26-18(8-14-11-23-20-19(14)9-15(21)12-24-20)10-17(25-26)7-13-3-5-16(22)6-4-13/h3-7,9-12H,2,8H2,1H3,(H,23,24). The monoisotopic (exact) mass is 367 g/mol. The quantitative estimate of drug-likeness (QED) is 0.552. The summed E-state index contributed by atoms with van der Waals surface area (Å²) in [6, 6.07) is 10.4. The lowest BCUT2D eigenvalue weighted by molar-refractivity contribution is 0.625. The molecule has 1 N–H and O–H groups in total. The molecule has 0 atom stereocenters. The van der Waals surface area contributed by atoms with E-state index in [4.69, 9.17) is 11.6 Å². The van der Waals surface area contributed by atoms with Gasteiger partial charge in [0.05, 0.1) is 10.7 Å². The van der Waals surface area contributed by atoms with Crippen molar-refractivity contribution in [1.82, 2.24) is 19.7 Å². The van der Waals surface area contributed by atoms with E-state index >= 15 is 0 Å². The van der Waals surface area contributed by atoms with Crippen LogP contribution in [-0.4, -0.2) is 19.7 Å². The van der Waals surface area contributed by atoms with Crippen molar-refractivity contribution >= 4 is 22.6 Å².